The number of hydrogen-bond acceptors (Lipinski definition) is 4. The highest BCUT2D eigenvalue weighted by Gasteiger charge is 2.16. The molecule has 0 bridgehead atoms. The largest absolute Gasteiger partial charge is 0.481 e. The van der Waals surface area contributed by atoms with Gasteiger partial charge in [0.15, 0.2) is 0 Å². The molecule has 0 saturated heterocycles. The predicted octanol–water partition coefficient (Wildman–Crippen LogP) is -0.238. The highest BCUT2D eigenvalue weighted by atomic mass is 32.1. The normalized spacial score (nSPS) is 9.85. The zero-order valence-electron chi connectivity index (χ0n) is 6.23. The molecule has 1 aromatic heterocycles. The van der Waals surface area contributed by atoms with E-state index in [-0.39, 0.29) is 10.6 Å². The van der Waals surface area contributed by atoms with Crippen LogP contribution >= 0.6 is 11.3 Å². The zero-order chi connectivity index (χ0) is 10.0. The van der Waals surface area contributed by atoms with Crippen molar-refractivity contribution in [2.75, 3.05) is 0 Å². The van der Waals surface area contributed by atoms with Gasteiger partial charge in [-0.15, -0.1) is 0 Å². The van der Waals surface area contributed by atoms with Crippen molar-refractivity contribution < 1.29 is 19.8 Å². The van der Waals surface area contributed by atoms with Gasteiger partial charge in [-0.2, -0.15) is 0 Å². The van der Waals surface area contributed by atoms with E-state index in [0.29, 0.717) is 11.3 Å². The highest BCUT2D eigenvalue weighted by molar-refractivity contribution is 7.11. The first-order valence-electron chi connectivity index (χ1n) is 3.17. The van der Waals surface area contributed by atoms with Crippen LogP contribution in [-0.4, -0.2) is 27.1 Å². The second-order valence-corrected chi connectivity index (χ2v) is 3.18. The number of rotatable bonds is 3. The van der Waals surface area contributed by atoms with Gasteiger partial charge in [0, 0.05) is 0 Å². The SMILES string of the molecule is O=C(O)Cc1[nH]c(=O)sc1C(=O)O. The van der Waals surface area contributed by atoms with Crippen molar-refractivity contribution in [1.82, 2.24) is 4.98 Å². The number of carboxylic acids is 2. The Morgan fingerprint density at radius 1 is 1.38 bits per heavy atom. The Morgan fingerprint density at radius 2 is 2.00 bits per heavy atom. The maximum absolute atomic E-state index is 10.7. The van der Waals surface area contributed by atoms with Crippen LogP contribution in [0.25, 0.3) is 0 Å². The van der Waals surface area contributed by atoms with Crippen LogP contribution in [0.2, 0.25) is 0 Å². The quantitative estimate of drug-likeness (QED) is 0.628. The van der Waals surface area contributed by atoms with E-state index < -0.39 is 23.2 Å². The molecule has 6 nitrogen and oxygen atoms in total. The Kier molecular flexibility index (Phi) is 2.47. The molecule has 0 spiro atoms. The minimum Gasteiger partial charge on any atom is -0.481 e. The number of nitrogens with one attached hydrogen (secondary N) is 1. The summed E-state index contributed by atoms with van der Waals surface area (Å²) >= 11 is 0.490. The van der Waals surface area contributed by atoms with Crippen molar-refractivity contribution in [1.29, 1.82) is 0 Å². The third-order valence-electron chi connectivity index (χ3n) is 1.24. The number of aliphatic carboxylic acids is 1. The monoisotopic (exact) mass is 203 g/mol. The summed E-state index contributed by atoms with van der Waals surface area (Å²) in [6, 6.07) is 0. The predicted molar refractivity (Wildman–Crippen MR) is 43.2 cm³/mol. The van der Waals surface area contributed by atoms with Gasteiger partial charge in [0.05, 0.1) is 12.1 Å². The fourth-order valence-corrected chi connectivity index (χ4v) is 1.50. The van der Waals surface area contributed by atoms with Crippen molar-refractivity contribution in [2.45, 2.75) is 6.42 Å². The second kappa shape index (κ2) is 3.40. The van der Waals surface area contributed by atoms with Gasteiger partial charge in [0.2, 0.25) is 0 Å². The summed E-state index contributed by atoms with van der Waals surface area (Å²) in [4.78, 5) is 32.8. The summed E-state index contributed by atoms with van der Waals surface area (Å²) in [6.07, 6.45) is -0.486. The van der Waals surface area contributed by atoms with Crippen LogP contribution in [0.15, 0.2) is 4.79 Å². The van der Waals surface area contributed by atoms with Crippen LogP contribution in [0.4, 0.5) is 0 Å². The van der Waals surface area contributed by atoms with Crippen molar-refractivity contribution in [2.24, 2.45) is 0 Å². The van der Waals surface area contributed by atoms with Crippen molar-refractivity contribution in [3.05, 3.63) is 20.2 Å². The van der Waals surface area contributed by atoms with Gasteiger partial charge in [-0.25, -0.2) is 4.79 Å². The maximum atomic E-state index is 10.7. The molecule has 70 valence electrons. The fourth-order valence-electron chi connectivity index (χ4n) is 0.808. The number of H-pyrrole nitrogens is 1. The van der Waals surface area contributed by atoms with Crippen molar-refractivity contribution >= 4 is 23.3 Å². The smallest absolute Gasteiger partial charge is 0.347 e. The number of aromatic carboxylic acids is 1. The molecule has 0 radical (unpaired) electrons. The first kappa shape index (κ1) is 9.46. The molecule has 0 aliphatic heterocycles. The lowest BCUT2D eigenvalue weighted by molar-refractivity contribution is -0.136. The van der Waals surface area contributed by atoms with E-state index in [9.17, 15) is 14.4 Å². The van der Waals surface area contributed by atoms with E-state index in [1.807, 2.05) is 0 Å². The number of carbonyl (C=O) groups is 2. The third kappa shape index (κ3) is 2.15. The van der Waals surface area contributed by atoms with Gasteiger partial charge >= 0.3 is 16.8 Å². The molecule has 0 aliphatic rings. The van der Waals surface area contributed by atoms with Crippen LogP contribution in [0, 0.1) is 0 Å². The first-order valence-corrected chi connectivity index (χ1v) is 3.99. The summed E-state index contributed by atoms with van der Waals surface area (Å²) in [7, 11) is 0. The van der Waals surface area contributed by atoms with Crippen LogP contribution < -0.4 is 4.87 Å². The van der Waals surface area contributed by atoms with Gasteiger partial charge in [-0.3, -0.25) is 9.59 Å². The lowest BCUT2D eigenvalue weighted by atomic mass is 10.3. The van der Waals surface area contributed by atoms with Gasteiger partial charge in [-0.05, 0) is 0 Å². The second-order valence-electron chi connectivity index (χ2n) is 2.20. The molecule has 0 fully saturated rings. The molecule has 3 N–H and O–H groups in total. The number of aromatic amines is 1. The van der Waals surface area contributed by atoms with E-state index in [4.69, 9.17) is 10.2 Å². The number of aromatic nitrogens is 1. The van der Waals surface area contributed by atoms with Gasteiger partial charge < -0.3 is 15.2 Å². The Labute approximate surface area is 75.5 Å². The fraction of sp³-hybridized carbons (Fsp3) is 0.167. The maximum Gasteiger partial charge on any atom is 0.347 e. The standard InChI is InChI=1S/C6H5NO5S/c8-3(9)1-2-4(5(10)11)13-6(12)7-2/h1H2,(H,7,12)(H,8,9)(H,10,11). The number of carboxylic acid groups (broad SMARTS) is 2. The Balaban J connectivity index is 3.11. The summed E-state index contributed by atoms with van der Waals surface area (Å²) in [5.41, 5.74) is -0.0602. The minimum atomic E-state index is -1.29. The van der Waals surface area contributed by atoms with Crippen LogP contribution in [0.3, 0.4) is 0 Å². The highest BCUT2D eigenvalue weighted by Crippen LogP contribution is 2.09. The van der Waals surface area contributed by atoms with E-state index in [0.717, 1.165) is 0 Å². The summed E-state index contributed by atoms with van der Waals surface area (Å²) in [5, 5.41) is 16.9. The minimum absolute atomic E-state index is 0.0602. The summed E-state index contributed by atoms with van der Waals surface area (Å²) < 4.78 is 0. The van der Waals surface area contributed by atoms with Crippen molar-refractivity contribution in [3.63, 3.8) is 0 Å². The molecule has 13 heavy (non-hydrogen) atoms. The number of hydrogen-bond donors (Lipinski definition) is 3. The molecule has 0 atom stereocenters. The summed E-state index contributed by atoms with van der Waals surface area (Å²) in [5.74, 6) is -2.48. The molecule has 1 rings (SSSR count). The number of thiazole rings is 1. The molecule has 0 amide bonds. The van der Waals surface area contributed by atoms with E-state index in [1.165, 1.54) is 0 Å². The first-order chi connectivity index (χ1) is 6.00. The molecular formula is C6H5NO5S. The summed E-state index contributed by atoms with van der Waals surface area (Å²) in [6.45, 7) is 0. The molecular weight excluding hydrogens is 198 g/mol. The third-order valence-corrected chi connectivity index (χ3v) is 2.16. The molecule has 0 saturated carbocycles. The van der Waals surface area contributed by atoms with E-state index in [2.05, 4.69) is 4.98 Å². The molecule has 0 aromatic carbocycles. The van der Waals surface area contributed by atoms with Crippen LogP contribution in [0.1, 0.15) is 15.4 Å². The average molecular weight is 203 g/mol. The zero-order valence-corrected chi connectivity index (χ0v) is 7.05. The van der Waals surface area contributed by atoms with E-state index >= 15 is 0 Å². The lowest BCUT2D eigenvalue weighted by Gasteiger charge is -1.92. The van der Waals surface area contributed by atoms with Crippen molar-refractivity contribution in [3.8, 4) is 0 Å². The topological polar surface area (TPSA) is 107 Å². The molecule has 1 aromatic rings. The molecule has 1 heterocycles. The van der Waals surface area contributed by atoms with Crippen LogP contribution in [0.5, 0.6) is 0 Å². The Hall–Kier alpha value is -1.63. The molecule has 0 aliphatic carbocycles. The average Bonchev–Trinajstić information content (AvgIpc) is 2.29. The van der Waals surface area contributed by atoms with Gasteiger partial charge in [0.1, 0.15) is 4.88 Å². The molecule has 0 unspecified atom stereocenters. The van der Waals surface area contributed by atoms with Gasteiger partial charge in [-0.1, -0.05) is 11.3 Å². The van der Waals surface area contributed by atoms with Gasteiger partial charge in [0.25, 0.3) is 0 Å². The Bertz CT molecular complexity index is 403. The Morgan fingerprint density at radius 3 is 2.46 bits per heavy atom. The lowest BCUT2D eigenvalue weighted by Crippen LogP contribution is -2.06. The van der Waals surface area contributed by atoms with Crippen LogP contribution in [-0.2, 0) is 11.2 Å². The molecule has 7 heteroatoms. The van der Waals surface area contributed by atoms with E-state index in [1.54, 1.807) is 0 Å².